The molecule has 0 unspecified atom stereocenters. The third-order valence-corrected chi connectivity index (χ3v) is 3.40. The third kappa shape index (κ3) is 2.59. The van der Waals surface area contributed by atoms with Gasteiger partial charge in [0.25, 0.3) is 0 Å². The zero-order chi connectivity index (χ0) is 15.5. The first-order valence-corrected chi connectivity index (χ1v) is 6.87. The Morgan fingerprint density at radius 2 is 1.73 bits per heavy atom. The summed E-state index contributed by atoms with van der Waals surface area (Å²) in [6.45, 7) is 1.76. The molecule has 0 N–H and O–H groups in total. The summed E-state index contributed by atoms with van der Waals surface area (Å²) in [5.74, 6) is 7.23. The largest absolute Gasteiger partial charge is 0.497 e. The van der Waals surface area contributed by atoms with E-state index in [2.05, 4.69) is 11.8 Å². The van der Waals surface area contributed by atoms with Crippen LogP contribution in [0.15, 0.2) is 57.7 Å². The van der Waals surface area contributed by atoms with Crippen LogP contribution < -0.4 is 10.2 Å². The maximum atomic E-state index is 12.5. The highest BCUT2D eigenvalue weighted by Crippen LogP contribution is 2.14. The van der Waals surface area contributed by atoms with Crippen LogP contribution in [0.4, 0.5) is 0 Å². The molecule has 22 heavy (non-hydrogen) atoms. The van der Waals surface area contributed by atoms with Gasteiger partial charge in [0.15, 0.2) is 0 Å². The molecule has 0 aliphatic rings. The van der Waals surface area contributed by atoms with Crippen molar-refractivity contribution in [2.45, 2.75) is 6.92 Å². The molecule has 0 fully saturated rings. The van der Waals surface area contributed by atoms with Crippen LogP contribution in [0.2, 0.25) is 0 Å². The first-order chi connectivity index (χ1) is 10.7. The number of hydrogen-bond donors (Lipinski definition) is 0. The molecule has 0 atom stereocenters. The molecule has 1 heterocycles. The third-order valence-electron chi connectivity index (χ3n) is 3.40. The van der Waals surface area contributed by atoms with Gasteiger partial charge >= 0.3 is 0 Å². The van der Waals surface area contributed by atoms with Gasteiger partial charge in [0.1, 0.15) is 22.7 Å². The van der Waals surface area contributed by atoms with E-state index < -0.39 is 0 Å². The minimum absolute atomic E-state index is 0.0969. The fraction of sp³-hybridized carbons (Fsp3) is 0.105. The highest BCUT2D eigenvalue weighted by atomic mass is 16.5. The minimum atomic E-state index is -0.0969. The van der Waals surface area contributed by atoms with Crippen molar-refractivity contribution in [3.8, 4) is 17.6 Å². The smallest absolute Gasteiger partial charge is 0.208 e. The summed E-state index contributed by atoms with van der Waals surface area (Å²) in [5.41, 5.74) is 1.70. The van der Waals surface area contributed by atoms with Crippen molar-refractivity contribution >= 4 is 11.0 Å². The first kappa shape index (κ1) is 14.0. The Labute approximate surface area is 128 Å². The van der Waals surface area contributed by atoms with Crippen molar-refractivity contribution in [1.82, 2.24) is 0 Å². The molecular weight excluding hydrogens is 276 g/mol. The summed E-state index contributed by atoms with van der Waals surface area (Å²) in [5, 5.41) is 0.548. The Bertz CT molecular complexity index is 938. The number of para-hydroxylation sites is 1. The summed E-state index contributed by atoms with van der Waals surface area (Å²) in [6, 6.07) is 14.6. The Balaban J connectivity index is 2.07. The number of benzene rings is 2. The van der Waals surface area contributed by atoms with Gasteiger partial charge in [-0.1, -0.05) is 24.0 Å². The van der Waals surface area contributed by atoms with Gasteiger partial charge in [-0.25, -0.2) is 0 Å². The van der Waals surface area contributed by atoms with Crippen molar-refractivity contribution in [3.05, 3.63) is 75.6 Å². The van der Waals surface area contributed by atoms with Crippen molar-refractivity contribution in [3.63, 3.8) is 0 Å². The zero-order valence-corrected chi connectivity index (χ0v) is 12.3. The van der Waals surface area contributed by atoms with Gasteiger partial charge in [-0.2, -0.15) is 0 Å². The van der Waals surface area contributed by atoms with E-state index in [-0.39, 0.29) is 5.43 Å². The molecule has 3 aromatic rings. The lowest BCUT2D eigenvalue weighted by molar-refractivity contribution is 0.415. The maximum absolute atomic E-state index is 12.5. The molecule has 108 valence electrons. The summed E-state index contributed by atoms with van der Waals surface area (Å²) in [6.07, 6.45) is 0. The first-order valence-electron chi connectivity index (χ1n) is 6.87. The molecule has 0 aliphatic carbocycles. The van der Waals surface area contributed by atoms with Crippen LogP contribution in [0, 0.1) is 18.8 Å². The van der Waals surface area contributed by atoms with Gasteiger partial charge < -0.3 is 9.15 Å². The van der Waals surface area contributed by atoms with E-state index in [9.17, 15) is 4.79 Å². The SMILES string of the molecule is COc1ccc(C#Cc2c(C)oc3ccccc3c2=O)cc1. The normalized spacial score (nSPS) is 10.1. The molecule has 3 nitrogen and oxygen atoms in total. The van der Waals surface area contributed by atoms with Crippen molar-refractivity contribution in [2.24, 2.45) is 0 Å². The van der Waals surface area contributed by atoms with Crippen LogP contribution in [0.1, 0.15) is 16.9 Å². The zero-order valence-electron chi connectivity index (χ0n) is 12.3. The summed E-state index contributed by atoms with van der Waals surface area (Å²) >= 11 is 0. The van der Waals surface area contributed by atoms with E-state index in [0.717, 1.165) is 11.3 Å². The lowest BCUT2D eigenvalue weighted by atomic mass is 10.1. The van der Waals surface area contributed by atoms with Gasteiger partial charge in [-0.3, -0.25) is 4.79 Å². The Hall–Kier alpha value is -2.99. The lowest BCUT2D eigenvalue weighted by Gasteiger charge is -2.01. The lowest BCUT2D eigenvalue weighted by Crippen LogP contribution is -2.08. The van der Waals surface area contributed by atoms with E-state index in [1.807, 2.05) is 36.4 Å². The Morgan fingerprint density at radius 1 is 1.00 bits per heavy atom. The fourth-order valence-electron chi connectivity index (χ4n) is 2.21. The second-order valence-electron chi connectivity index (χ2n) is 4.84. The molecule has 0 saturated heterocycles. The summed E-state index contributed by atoms with van der Waals surface area (Å²) in [4.78, 5) is 12.5. The number of rotatable bonds is 1. The highest BCUT2D eigenvalue weighted by molar-refractivity contribution is 5.78. The number of hydrogen-bond acceptors (Lipinski definition) is 3. The molecule has 3 rings (SSSR count). The van der Waals surface area contributed by atoms with Crippen molar-refractivity contribution in [2.75, 3.05) is 7.11 Å². The molecule has 0 amide bonds. The van der Waals surface area contributed by atoms with Crippen LogP contribution in [-0.4, -0.2) is 7.11 Å². The highest BCUT2D eigenvalue weighted by Gasteiger charge is 2.08. The number of fused-ring (bicyclic) bond motifs is 1. The van der Waals surface area contributed by atoms with Gasteiger partial charge in [0, 0.05) is 5.56 Å². The molecule has 3 heteroatoms. The minimum Gasteiger partial charge on any atom is -0.497 e. The van der Waals surface area contributed by atoms with E-state index in [1.54, 1.807) is 26.2 Å². The van der Waals surface area contributed by atoms with Gasteiger partial charge in [-0.15, -0.1) is 0 Å². The van der Waals surface area contributed by atoms with Gasteiger partial charge in [0.2, 0.25) is 5.43 Å². The second kappa shape index (κ2) is 5.79. The van der Waals surface area contributed by atoms with Crippen molar-refractivity contribution < 1.29 is 9.15 Å². The average Bonchev–Trinajstić information content (AvgIpc) is 2.55. The molecule has 0 aliphatic heterocycles. The predicted molar refractivity (Wildman–Crippen MR) is 86.2 cm³/mol. The molecular formula is C19H14O3. The van der Waals surface area contributed by atoms with Crippen LogP contribution in [0.25, 0.3) is 11.0 Å². The number of methoxy groups -OCH3 is 1. The molecule has 0 spiro atoms. The van der Waals surface area contributed by atoms with E-state index in [4.69, 9.17) is 9.15 Å². The van der Waals surface area contributed by atoms with Crippen LogP contribution >= 0.6 is 0 Å². The predicted octanol–water partition coefficient (Wildman–Crippen LogP) is 3.51. The summed E-state index contributed by atoms with van der Waals surface area (Å²) < 4.78 is 10.8. The van der Waals surface area contributed by atoms with Crippen LogP contribution in [0.3, 0.4) is 0 Å². The van der Waals surface area contributed by atoms with Crippen LogP contribution in [0.5, 0.6) is 5.75 Å². The topological polar surface area (TPSA) is 39.4 Å². The molecule has 1 aromatic heterocycles. The van der Waals surface area contributed by atoms with Gasteiger partial charge in [-0.05, 0) is 43.3 Å². The fourth-order valence-corrected chi connectivity index (χ4v) is 2.21. The molecule has 2 aromatic carbocycles. The monoisotopic (exact) mass is 290 g/mol. The van der Waals surface area contributed by atoms with Gasteiger partial charge in [0.05, 0.1) is 12.5 Å². The standard InChI is InChI=1S/C19H14O3/c1-13-16(12-9-14-7-10-15(21-2)11-8-14)19(20)17-5-3-4-6-18(17)22-13/h3-8,10-11H,1-2H3. The average molecular weight is 290 g/mol. The molecule has 0 saturated carbocycles. The molecule has 0 bridgehead atoms. The summed E-state index contributed by atoms with van der Waals surface area (Å²) in [7, 11) is 1.62. The molecule has 0 radical (unpaired) electrons. The van der Waals surface area contributed by atoms with Crippen molar-refractivity contribution in [1.29, 1.82) is 0 Å². The number of ether oxygens (including phenoxy) is 1. The maximum Gasteiger partial charge on any atom is 0.208 e. The second-order valence-corrected chi connectivity index (χ2v) is 4.84. The Kier molecular flexibility index (Phi) is 3.67. The van der Waals surface area contributed by atoms with E-state index >= 15 is 0 Å². The Morgan fingerprint density at radius 3 is 2.45 bits per heavy atom. The van der Waals surface area contributed by atoms with E-state index in [1.165, 1.54) is 0 Å². The van der Waals surface area contributed by atoms with Crippen LogP contribution in [-0.2, 0) is 0 Å². The van der Waals surface area contributed by atoms with E-state index in [0.29, 0.717) is 22.3 Å². The quantitative estimate of drug-likeness (QED) is 0.644. The number of aryl methyl sites for hydroxylation is 1.